The van der Waals surface area contributed by atoms with E-state index in [4.69, 9.17) is 12.2 Å². The highest BCUT2D eigenvalue weighted by molar-refractivity contribution is 7.80. The van der Waals surface area contributed by atoms with Gasteiger partial charge in [-0.05, 0) is 49.8 Å². The van der Waals surface area contributed by atoms with Crippen LogP contribution in [0.5, 0.6) is 5.75 Å². The lowest BCUT2D eigenvalue weighted by atomic mass is 10.3. The second-order valence-corrected chi connectivity index (χ2v) is 4.92. The van der Waals surface area contributed by atoms with E-state index in [1.165, 1.54) is 12.1 Å². The zero-order valence-electron chi connectivity index (χ0n) is 12.4. The molecule has 5 nitrogen and oxygen atoms in total. The summed E-state index contributed by atoms with van der Waals surface area (Å²) in [5.41, 5.74) is 0.597. The Balaban J connectivity index is 2.46. The normalized spacial score (nSPS) is 11.7. The smallest absolute Gasteiger partial charge is 0.387 e. The molecular formula is C14H19F2N3O2S. The Hall–Kier alpha value is -1.96. The molecule has 0 saturated heterocycles. The van der Waals surface area contributed by atoms with Gasteiger partial charge >= 0.3 is 6.61 Å². The van der Waals surface area contributed by atoms with Crippen LogP contribution in [-0.4, -0.2) is 30.2 Å². The number of benzene rings is 1. The van der Waals surface area contributed by atoms with Crippen LogP contribution >= 0.6 is 12.2 Å². The summed E-state index contributed by atoms with van der Waals surface area (Å²) in [6.07, 6.45) is 0.855. The molecule has 1 rings (SSSR count). The van der Waals surface area contributed by atoms with E-state index in [0.29, 0.717) is 12.2 Å². The number of amides is 1. The third kappa shape index (κ3) is 6.66. The number of ether oxygens (including phenoxy) is 1. The third-order valence-corrected chi connectivity index (χ3v) is 2.85. The predicted octanol–water partition coefficient (Wildman–Crippen LogP) is 2.49. The summed E-state index contributed by atoms with van der Waals surface area (Å²) in [7, 11) is 0. The fourth-order valence-electron chi connectivity index (χ4n) is 1.55. The number of hydrogen-bond acceptors (Lipinski definition) is 3. The number of alkyl halides is 2. The maximum absolute atomic E-state index is 12.0. The molecular weight excluding hydrogens is 312 g/mol. The molecule has 0 bridgehead atoms. The predicted molar refractivity (Wildman–Crippen MR) is 85.2 cm³/mol. The third-order valence-electron chi connectivity index (χ3n) is 2.63. The molecule has 1 aromatic rings. The number of carbonyl (C=O) groups excluding carboxylic acids is 1. The molecule has 0 radical (unpaired) electrons. The van der Waals surface area contributed by atoms with Crippen molar-refractivity contribution in [3.05, 3.63) is 24.3 Å². The maximum Gasteiger partial charge on any atom is 0.387 e. The second kappa shape index (κ2) is 9.14. The molecule has 0 aliphatic carbocycles. The van der Waals surface area contributed by atoms with Crippen LogP contribution in [0.3, 0.4) is 0 Å². The van der Waals surface area contributed by atoms with Crippen molar-refractivity contribution in [2.75, 3.05) is 11.9 Å². The first-order chi connectivity index (χ1) is 10.4. The summed E-state index contributed by atoms with van der Waals surface area (Å²) < 4.78 is 28.3. The van der Waals surface area contributed by atoms with E-state index in [1.807, 2.05) is 6.92 Å². The minimum atomic E-state index is -2.86. The van der Waals surface area contributed by atoms with Crippen molar-refractivity contribution in [3.63, 3.8) is 0 Å². The lowest BCUT2D eigenvalue weighted by Crippen LogP contribution is -2.46. The Bertz CT molecular complexity index is 497. The largest absolute Gasteiger partial charge is 0.435 e. The van der Waals surface area contributed by atoms with E-state index >= 15 is 0 Å². The summed E-state index contributed by atoms with van der Waals surface area (Å²) in [6.45, 7) is 1.41. The first kappa shape index (κ1) is 18.1. The van der Waals surface area contributed by atoms with Gasteiger partial charge in [0.15, 0.2) is 5.11 Å². The maximum atomic E-state index is 12.0. The molecule has 0 unspecified atom stereocenters. The molecule has 1 amide bonds. The Morgan fingerprint density at radius 1 is 1.32 bits per heavy atom. The molecule has 0 saturated carbocycles. The number of rotatable bonds is 7. The summed E-state index contributed by atoms with van der Waals surface area (Å²) in [5.74, 6) is -0.0848. The van der Waals surface area contributed by atoms with Crippen LogP contribution < -0.4 is 20.7 Å². The van der Waals surface area contributed by atoms with Crippen LogP contribution in [0, 0.1) is 0 Å². The van der Waals surface area contributed by atoms with Crippen molar-refractivity contribution < 1.29 is 18.3 Å². The van der Waals surface area contributed by atoms with Gasteiger partial charge in [-0.1, -0.05) is 6.92 Å². The van der Waals surface area contributed by atoms with Gasteiger partial charge in [0.1, 0.15) is 11.8 Å². The van der Waals surface area contributed by atoms with Crippen LogP contribution in [0.15, 0.2) is 24.3 Å². The van der Waals surface area contributed by atoms with Crippen LogP contribution in [0.2, 0.25) is 0 Å². The first-order valence-electron chi connectivity index (χ1n) is 6.82. The molecule has 8 heteroatoms. The van der Waals surface area contributed by atoms with E-state index in [1.54, 1.807) is 19.1 Å². The van der Waals surface area contributed by atoms with Crippen LogP contribution in [-0.2, 0) is 4.79 Å². The average Bonchev–Trinajstić information content (AvgIpc) is 2.46. The van der Waals surface area contributed by atoms with Crippen molar-refractivity contribution in [3.8, 4) is 5.75 Å². The molecule has 3 N–H and O–H groups in total. The zero-order valence-corrected chi connectivity index (χ0v) is 13.2. The fourth-order valence-corrected chi connectivity index (χ4v) is 1.84. The number of hydrogen-bond donors (Lipinski definition) is 3. The highest BCUT2D eigenvalue weighted by Crippen LogP contribution is 2.17. The van der Waals surface area contributed by atoms with Gasteiger partial charge in [-0.25, -0.2) is 0 Å². The van der Waals surface area contributed by atoms with E-state index in [2.05, 4.69) is 20.7 Å². The van der Waals surface area contributed by atoms with Crippen LogP contribution in [0.25, 0.3) is 0 Å². The van der Waals surface area contributed by atoms with E-state index < -0.39 is 12.7 Å². The van der Waals surface area contributed by atoms with Crippen molar-refractivity contribution in [2.24, 2.45) is 0 Å². The highest BCUT2D eigenvalue weighted by Gasteiger charge is 2.13. The van der Waals surface area contributed by atoms with Crippen LogP contribution in [0.4, 0.5) is 14.5 Å². The fraction of sp³-hybridized carbons (Fsp3) is 0.429. The van der Waals surface area contributed by atoms with Crippen molar-refractivity contribution >= 4 is 28.9 Å². The Morgan fingerprint density at radius 2 is 1.95 bits per heavy atom. The molecule has 0 heterocycles. The van der Waals surface area contributed by atoms with Gasteiger partial charge in [0.25, 0.3) is 0 Å². The lowest BCUT2D eigenvalue weighted by Gasteiger charge is -2.16. The quantitative estimate of drug-likeness (QED) is 0.670. The number of thiocarbonyl (C=S) groups is 1. The molecule has 1 aromatic carbocycles. The van der Waals surface area contributed by atoms with Gasteiger partial charge in [0.2, 0.25) is 5.91 Å². The number of anilines is 1. The van der Waals surface area contributed by atoms with Crippen molar-refractivity contribution in [1.29, 1.82) is 0 Å². The topological polar surface area (TPSA) is 62.4 Å². The molecule has 0 aliphatic heterocycles. The van der Waals surface area contributed by atoms with Gasteiger partial charge in [0.05, 0.1) is 0 Å². The number of nitrogens with one attached hydrogen (secondary N) is 3. The van der Waals surface area contributed by atoms with E-state index in [9.17, 15) is 13.6 Å². The molecule has 0 aromatic heterocycles. The minimum absolute atomic E-state index is 0.0618. The Kier molecular flexibility index (Phi) is 7.51. The molecule has 0 fully saturated rings. The SMILES string of the molecule is CCCNC(=O)[C@H](C)NC(=S)Nc1ccc(OC(F)F)cc1. The lowest BCUT2D eigenvalue weighted by molar-refractivity contribution is -0.122. The second-order valence-electron chi connectivity index (χ2n) is 4.51. The van der Waals surface area contributed by atoms with E-state index in [0.717, 1.165) is 6.42 Å². The average molecular weight is 331 g/mol. The number of carbonyl (C=O) groups is 1. The highest BCUT2D eigenvalue weighted by atomic mass is 32.1. The standard InChI is InChI=1S/C14H19F2N3O2S/c1-3-8-17-12(20)9(2)18-14(22)19-10-4-6-11(7-5-10)21-13(15)16/h4-7,9,13H,3,8H2,1-2H3,(H,17,20)(H2,18,19,22)/t9-/m0/s1. The summed E-state index contributed by atoms with van der Waals surface area (Å²) in [4.78, 5) is 11.7. The van der Waals surface area contributed by atoms with Gasteiger partial charge < -0.3 is 20.7 Å². The summed E-state index contributed by atoms with van der Waals surface area (Å²) in [6, 6.07) is 5.41. The van der Waals surface area contributed by atoms with E-state index in [-0.39, 0.29) is 16.8 Å². The number of halogens is 2. The Morgan fingerprint density at radius 3 is 2.50 bits per heavy atom. The van der Waals surface area contributed by atoms with Gasteiger partial charge in [-0.15, -0.1) is 0 Å². The van der Waals surface area contributed by atoms with Crippen molar-refractivity contribution in [1.82, 2.24) is 10.6 Å². The molecule has 0 spiro atoms. The minimum Gasteiger partial charge on any atom is -0.435 e. The Labute approximate surface area is 133 Å². The molecule has 22 heavy (non-hydrogen) atoms. The molecule has 122 valence electrons. The summed E-state index contributed by atoms with van der Waals surface area (Å²) >= 11 is 5.09. The molecule has 0 aliphatic rings. The van der Waals surface area contributed by atoms with Gasteiger partial charge in [-0.3, -0.25) is 4.79 Å². The monoisotopic (exact) mass is 331 g/mol. The van der Waals surface area contributed by atoms with Gasteiger partial charge in [-0.2, -0.15) is 8.78 Å². The van der Waals surface area contributed by atoms with Crippen molar-refractivity contribution in [2.45, 2.75) is 32.9 Å². The first-order valence-corrected chi connectivity index (χ1v) is 7.23. The van der Waals surface area contributed by atoms with Crippen LogP contribution in [0.1, 0.15) is 20.3 Å². The summed E-state index contributed by atoms with van der Waals surface area (Å²) in [5, 5.41) is 8.72. The molecule has 1 atom stereocenters. The van der Waals surface area contributed by atoms with Gasteiger partial charge in [0, 0.05) is 12.2 Å². The zero-order chi connectivity index (χ0) is 16.5.